The zero-order chi connectivity index (χ0) is 23.0. The van der Waals surface area contributed by atoms with Crippen molar-refractivity contribution in [1.29, 1.82) is 0 Å². The highest BCUT2D eigenvalue weighted by Crippen LogP contribution is 2.34. The number of ether oxygens (including phenoxy) is 1. The molecule has 1 aliphatic rings. The first-order valence-electron chi connectivity index (χ1n) is 10.1. The number of halogens is 2. The molecule has 2 heterocycles. The third-order valence-corrected chi connectivity index (χ3v) is 5.46. The van der Waals surface area contributed by atoms with Crippen LogP contribution in [0.2, 0.25) is 0 Å². The minimum Gasteiger partial charge on any atom is -0.495 e. The van der Waals surface area contributed by atoms with Crippen LogP contribution in [-0.4, -0.2) is 35.2 Å². The van der Waals surface area contributed by atoms with E-state index < -0.39 is 17.5 Å². The lowest BCUT2D eigenvalue weighted by Crippen LogP contribution is -2.24. The molecule has 0 spiro atoms. The third-order valence-electron chi connectivity index (χ3n) is 5.46. The standard InChI is InChI=1S/C23H22F2N4O3/c1-13-22(14(2)29(27-13)18-8-6-15(24)11-17(18)25)23(31)26-16-7-9-20(32-3)19(12-16)28-10-4-5-21(28)30/h6-9,11-12H,4-5,10H2,1-3H3,(H,26,31). The van der Waals surface area contributed by atoms with Crippen molar-refractivity contribution in [3.63, 3.8) is 0 Å². The summed E-state index contributed by atoms with van der Waals surface area (Å²) in [5.41, 5.74) is 2.20. The Morgan fingerprint density at radius 2 is 1.91 bits per heavy atom. The van der Waals surface area contributed by atoms with Crippen molar-refractivity contribution in [2.75, 3.05) is 23.9 Å². The van der Waals surface area contributed by atoms with Crippen LogP contribution in [-0.2, 0) is 4.79 Å². The lowest BCUT2D eigenvalue weighted by molar-refractivity contribution is -0.117. The fourth-order valence-electron chi connectivity index (χ4n) is 3.93. The maximum atomic E-state index is 14.3. The molecular weight excluding hydrogens is 418 g/mol. The first kappa shape index (κ1) is 21.5. The summed E-state index contributed by atoms with van der Waals surface area (Å²) in [4.78, 5) is 26.9. The Morgan fingerprint density at radius 1 is 1.12 bits per heavy atom. The molecule has 2 amide bonds. The van der Waals surface area contributed by atoms with Crippen LogP contribution in [0.1, 0.15) is 34.6 Å². The number of anilines is 2. The van der Waals surface area contributed by atoms with E-state index in [1.807, 2.05) is 0 Å². The summed E-state index contributed by atoms with van der Waals surface area (Å²) in [6.45, 7) is 3.86. The molecule has 1 aliphatic heterocycles. The molecule has 0 unspecified atom stereocenters. The molecule has 32 heavy (non-hydrogen) atoms. The summed E-state index contributed by atoms with van der Waals surface area (Å²) in [6, 6.07) is 8.23. The molecule has 0 aliphatic carbocycles. The summed E-state index contributed by atoms with van der Waals surface area (Å²) in [5, 5.41) is 7.09. The summed E-state index contributed by atoms with van der Waals surface area (Å²) in [6.07, 6.45) is 1.23. The molecule has 7 nitrogen and oxygen atoms in total. The number of benzene rings is 2. The van der Waals surface area contributed by atoms with E-state index >= 15 is 0 Å². The van der Waals surface area contributed by atoms with Crippen LogP contribution >= 0.6 is 0 Å². The van der Waals surface area contributed by atoms with E-state index in [1.54, 1.807) is 36.9 Å². The van der Waals surface area contributed by atoms with Crippen LogP contribution in [0.5, 0.6) is 5.75 Å². The average molecular weight is 440 g/mol. The first-order valence-corrected chi connectivity index (χ1v) is 10.1. The monoisotopic (exact) mass is 440 g/mol. The molecule has 3 aromatic rings. The summed E-state index contributed by atoms with van der Waals surface area (Å²) in [7, 11) is 1.52. The highest BCUT2D eigenvalue weighted by atomic mass is 19.1. The molecule has 0 atom stereocenters. The SMILES string of the molecule is COc1ccc(NC(=O)c2c(C)nn(-c3ccc(F)cc3F)c2C)cc1N1CCCC1=O. The molecular formula is C23H22F2N4O3. The van der Waals surface area contributed by atoms with Gasteiger partial charge in [-0.15, -0.1) is 0 Å². The molecule has 2 aromatic carbocycles. The zero-order valence-corrected chi connectivity index (χ0v) is 17.9. The van der Waals surface area contributed by atoms with Crippen LogP contribution in [0.25, 0.3) is 5.69 Å². The van der Waals surface area contributed by atoms with Crippen LogP contribution in [0.3, 0.4) is 0 Å². The van der Waals surface area contributed by atoms with E-state index in [2.05, 4.69) is 10.4 Å². The van der Waals surface area contributed by atoms with Gasteiger partial charge in [-0.2, -0.15) is 5.10 Å². The Bertz CT molecular complexity index is 1220. The molecule has 166 valence electrons. The highest BCUT2D eigenvalue weighted by Gasteiger charge is 2.26. The molecule has 4 rings (SSSR count). The number of hydrogen-bond acceptors (Lipinski definition) is 4. The second-order valence-corrected chi connectivity index (χ2v) is 7.54. The van der Waals surface area contributed by atoms with Crippen LogP contribution < -0.4 is 15.0 Å². The Morgan fingerprint density at radius 3 is 2.56 bits per heavy atom. The topological polar surface area (TPSA) is 76.5 Å². The van der Waals surface area contributed by atoms with Gasteiger partial charge in [0.25, 0.3) is 5.91 Å². The van der Waals surface area contributed by atoms with E-state index in [0.29, 0.717) is 41.5 Å². The van der Waals surface area contributed by atoms with E-state index in [0.717, 1.165) is 18.6 Å². The van der Waals surface area contributed by atoms with E-state index in [4.69, 9.17) is 4.74 Å². The summed E-state index contributed by atoms with van der Waals surface area (Å²) < 4.78 is 34.2. The number of hydrogen-bond donors (Lipinski definition) is 1. The lowest BCUT2D eigenvalue weighted by atomic mass is 10.1. The Balaban J connectivity index is 1.65. The van der Waals surface area contributed by atoms with Crippen molar-refractivity contribution in [2.24, 2.45) is 0 Å². The van der Waals surface area contributed by atoms with Crippen molar-refractivity contribution in [2.45, 2.75) is 26.7 Å². The van der Waals surface area contributed by atoms with Crippen molar-refractivity contribution in [3.8, 4) is 11.4 Å². The van der Waals surface area contributed by atoms with E-state index in [1.165, 1.54) is 17.9 Å². The predicted molar refractivity (Wildman–Crippen MR) is 115 cm³/mol. The van der Waals surface area contributed by atoms with Gasteiger partial charge in [-0.1, -0.05) is 0 Å². The largest absolute Gasteiger partial charge is 0.495 e. The van der Waals surface area contributed by atoms with Gasteiger partial charge >= 0.3 is 0 Å². The van der Waals surface area contributed by atoms with Gasteiger partial charge in [-0.05, 0) is 50.6 Å². The number of aryl methyl sites for hydroxylation is 1. The van der Waals surface area contributed by atoms with Crippen molar-refractivity contribution < 1.29 is 23.1 Å². The van der Waals surface area contributed by atoms with Gasteiger partial charge in [0.2, 0.25) is 5.91 Å². The van der Waals surface area contributed by atoms with E-state index in [9.17, 15) is 18.4 Å². The van der Waals surface area contributed by atoms with Gasteiger partial charge in [0.05, 0.1) is 29.7 Å². The zero-order valence-electron chi connectivity index (χ0n) is 17.9. The second kappa shape index (κ2) is 8.41. The molecule has 0 bridgehead atoms. The van der Waals surface area contributed by atoms with Crippen molar-refractivity contribution in [1.82, 2.24) is 9.78 Å². The average Bonchev–Trinajstić information content (AvgIpc) is 3.30. The second-order valence-electron chi connectivity index (χ2n) is 7.54. The molecule has 1 fully saturated rings. The minimum atomic E-state index is -0.780. The quantitative estimate of drug-likeness (QED) is 0.647. The van der Waals surface area contributed by atoms with Gasteiger partial charge in [-0.25, -0.2) is 13.5 Å². The minimum absolute atomic E-state index is 0.000987. The highest BCUT2D eigenvalue weighted by molar-refractivity contribution is 6.06. The number of nitrogens with zero attached hydrogens (tertiary/aromatic N) is 3. The van der Waals surface area contributed by atoms with Gasteiger partial charge in [-0.3, -0.25) is 9.59 Å². The number of amides is 2. The molecule has 0 saturated carbocycles. The molecule has 1 aromatic heterocycles. The Labute approximate surface area is 183 Å². The Hall–Kier alpha value is -3.75. The van der Waals surface area contributed by atoms with Crippen LogP contribution in [0.4, 0.5) is 20.2 Å². The normalized spacial score (nSPS) is 13.5. The summed E-state index contributed by atoms with van der Waals surface area (Å²) in [5.74, 6) is -1.38. The fourth-order valence-corrected chi connectivity index (χ4v) is 3.93. The van der Waals surface area contributed by atoms with Gasteiger partial charge in [0, 0.05) is 24.7 Å². The smallest absolute Gasteiger partial charge is 0.259 e. The third kappa shape index (κ3) is 3.81. The predicted octanol–water partition coefficient (Wildman–Crippen LogP) is 4.16. The Kier molecular flexibility index (Phi) is 5.65. The van der Waals surface area contributed by atoms with E-state index in [-0.39, 0.29) is 17.2 Å². The van der Waals surface area contributed by atoms with Crippen LogP contribution in [0.15, 0.2) is 36.4 Å². The maximum absolute atomic E-state index is 14.3. The van der Waals surface area contributed by atoms with Gasteiger partial charge in [0.1, 0.15) is 17.3 Å². The maximum Gasteiger partial charge on any atom is 0.259 e. The first-order chi connectivity index (χ1) is 15.3. The van der Waals surface area contributed by atoms with Gasteiger partial charge < -0.3 is 15.0 Å². The fraction of sp³-hybridized carbons (Fsp3) is 0.261. The number of carbonyl (C=O) groups excluding carboxylic acids is 2. The summed E-state index contributed by atoms with van der Waals surface area (Å²) >= 11 is 0. The number of aromatic nitrogens is 2. The molecule has 1 saturated heterocycles. The number of nitrogens with one attached hydrogen (secondary N) is 1. The number of carbonyl (C=O) groups is 2. The van der Waals surface area contributed by atoms with Crippen molar-refractivity contribution in [3.05, 3.63) is 65.0 Å². The van der Waals surface area contributed by atoms with Gasteiger partial charge in [0.15, 0.2) is 5.82 Å². The molecule has 0 radical (unpaired) electrons. The molecule has 1 N–H and O–H groups in total. The number of rotatable bonds is 5. The number of methoxy groups -OCH3 is 1. The van der Waals surface area contributed by atoms with Crippen LogP contribution in [0, 0.1) is 25.5 Å². The lowest BCUT2D eigenvalue weighted by Gasteiger charge is -2.20. The van der Waals surface area contributed by atoms with Crippen molar-refractivity contribution >= 4 is 23.2 Å². The molecule has 9 heteroatoms.